The van der Waals surface area contributed by atoms with Crippen molar-refractivity contribution in [1.29, 1.82) is 0 Å². The molecule has 304 valence electrons. The Morgan fingerprint density at radius 2 is 0.891 bits per heavy atom. The van der Waals surface area contributed by atoms with Gasteiger partial charge in [-0.25, -0.2) is 0 Å². The summed E-state index contributed by atoms with van der Waals surface area (Å²) in [7, 11) is 0. The normalized spacial score (nSPS) is 15.2. The zero-order valence-corrected chi connectivity index (χ0v) is 36.6. The highest BCUT2D eigenvalue weighted by molar-refractivity contribution is 8.01. The van der Waals surface area contributed by atoms with Crippen LogP contribution in [-0.2, 0) is 0 Å². The number of thioether (sulfide) groups is 1. The van der Waals surface area contributed by atoms with Crippen molar-refractivity contribution < 1.29 is 0 Å². The van der Waals surface area contributed by atoms with Crippen LogP contribution in [0.25, 0.3) is 59.1 Å². The molecule has 9 aromatic carbocycles. The van der Waals surface area contributed by atoms with Gasteiger partial charge in [0, 0.05) is 43.1 Å². The van der Waals surface area contributed by atoms with Crippen molar-refractivity contribution in [3.63, 3.8) is 0 Å². The van der Waals surface area contributed by atoms with E-state index >= 15 is 0 Å². The molecule has 0 amide bonds. The van der Waals surface area contributed by atoms with Crippen LogP contribution in [0.4, 0.5) is 28.4 Å². The van der Waals surface area contributed by atoms with Crippen molar-refractivity contribution in [2.24, 2.45) is 0 Å². The smallest absolute Gasteiger partial charge is 0.0689 e. The van der Waals surface area contributed by atoms with E-state index in [1.165, 1.54) is 81.0 Å². The predicted octanol–water partition coefficient (Wildman–Crippen LogP) is 17.2. The lowest BCUT2D eigenvalue weighted by atomic mass is 9.92. The van der Waals surface area contributed by atoms with E-state index in [2.05, 4.69) is 252 Å². The standard InChI is InChI=1S/C60H42N2S2/c1-3-13-41(14-4-1)42-25-27-43(28-26-42)44-29-35-48(36-30-44)61(47-15-5-2-6-16-47)49-37-31-45(32-38-49)46-33-39-50(40-34-46)62(55-21-11-19-53-51-17-7-9-23-57(51)63-59(53)55)56-22-12-20-54-52-18-8-10-24-58(52)64-60(54)56/h1-40,55,59H. The Labute approximate surface area is 382 Å². The van der Waals surface area contributed by atoms with E-state index in [1.54, 1.807) is 0 Å². The van der Waals surface area contributed by atoms with Gasteiger partial charge in [-0.3, -0.25) is 0 Å². The number of thiophene rings is 1. The van der Waals surface area contributed by atoms with Crippen molar-refractivity contribution in [3.8, 4) is 33.4 Å². The third kappa shape index (κ3) is 6.93. The molecule has 0 spiro atoms. The minimum atomic E-state index is 0.122. The van der Waals surface area contributed by atoms with Crippen LogP contribution in [0.3, 0.4) is 0 Å². The SMILES string of the molecule is C1=CC(N(c2ccc(-c3ccc(N(c4ccccc4)c4ccc(-c5ccc(-c6ccccc6)cc5)cc4)cc3)cc2)c2cccc3c2sc2ccccc23)C2Sc3ccccc3C2=C1. The fourth-order valence-electron chi connectivity index (χ4n) is 9.52. The summed E-state index contributed by atoms with van der Waals surface area (Å²) >= 11 is 3.89. The van der Waals surface area contributed by atoms with Gasteiger partial charge in [-0.15, -0.1) is 23.1 Å². The van der Waals surface area contributed by atoms with E-state index < -0.39 is 0 Å². The number of hydrogen-bond acceptors (Lipinski definition) is 4. The monoisotopic (exact) mass is 854 g/mol. The number of nitrogens with zero attached hydrogens (tertiary/aromatic N) is 2. The quantitative estimate of drug-likeness (QED) is 0.143. The molecule has 0 radical (unpaired) electrons. The molecule has 0 saturated heterocycles. The third-order valence-electron chi connectivity index (χ3n) is 12.7. The average Bonchev–Trinajstić information content (AvgIpc) is 3.95. The molecule has 1 aromatic heterocycles. The molecule has 0 saturated carbocycles. The molecule has 0 fully saturated rings. The Bertz CT molecular complexity index is 3330. The lowest BCUT2D eigenvalue weighted by Crippen LogP contribution is -2.38. The largest absolute Gasteiger partial charge is 0.332 e. The van der Waals surface area contributed by atoms with Crippen LogP contribution in [0, 0.1) is 0 Å². The van der Waals surface area contributed by atoms with Crippen LogP contribution < -0.4 is 9.80 Å². The molecule has 2 nitrogen and oxygen atoms in total. The van der Waals surface area contributed by atoms with Crippen LogP contribution in [0.5, 0.6) is 0 Å². The van der Waals surface area contributed by atoms with Crippen molar-refractivity contribution in [2.75, 3.05) is 9.80 Å². The molecule has 0 N–H and O–H groups in total. The third-order valence-corrected chi connectivity index (χ3v) is 15.3. The lowest BCUT2D eigenvalue weighted by molar-refractivity contribution is 0.816. The topological polar surface area (TPSA) is 6.48 Å². The Balaban J connectivity index is 0.862. The Hall–Kier alpha value is -7.37. The summed E-state index contributed by atoms with van der Waals surface area (Å²) in [6.45, 7) is 0. The number of fused-ring (bicyclic) bond motifs is 6. The van der Waals surface area contributed by atoms with Gasteiger partial charge in [-0.2, -0.15) is 0 Å². The van der Waals surface area contributed by atoms with Gasteiger partial charge in [0.05, 0.1) is 21.7 Å². The molecule has 4 heteroatoms. The summed E-state index contributed by atoms with van der Waals surface area (Å²) in [5.41, 5.74) is 15.8. The van der Waals surface area contributed by atoms with Gasteiger partial charge in [-0.1, -0.05) is 176 Å². The van der Waals surface area contributed by atoms with Gasteiger partial charge < -0.3 is 9.80 Å². The highest BCUT2D eigenvalue weighted by Gasteiger charge is 2.38. The first kappa shape index (κ1) is 38.3. The molecule has 12 rings (SSSR count). The van der Waals surface area contributed by atoms with Crippen molar-refractivity contribution in [2.45, 2.75) is 16.2 Å². The van der Waals surface area contributed by atoms with E-state index in [1.807, 2.05) is 23.1 Å². The van der Waals surface area contributed by atoms with E-state index in [0.29, 0.717) is 0 Å². The number of benzene rings is 9. The number of hydrogen-bond donors (Lipinski definition) is 0. The molecule has 1 aliphatic heterocycles. The molecular formula is C60H42N2S2. The fourth-order valence-corrected chi connectivity index (χ4v) is 12.2. The van der Waals surface area contributed by atoms with E-state index in [4.69, 9.17) is 0 Å². The molecule has 2 aliphatic rings. The van der Waals surface area contributed by atoms with Crippen molar-refractivity contribution in [3.05, 3.63) is 248 Å². The lowest BCUT2D eigenvalue weighted by Gasteiger charge is -2.37. The number of para-hydroxylation sites is 1. The Morgan fingerprint density at radius 1 is 0.391 bits per heavy atom. The van der Waals surface area contributed by atoms with Gasteiger partial charge in [0.2, 0.25) is 0 Å². The molecular weight excluding hydrogens is 813 g/mol. The second-order valence-electron chi connectivity index (χ2n) is 16.4. The molecule has 0 bridgehead atoms. The maximum absolute atomic E-state index is 2.60. The Morgan fingerprint density at radius 3 is 1.55 bits per heavy atom. The van der Waals surface area contributed by atoms with Crippen molar-refractivity contribution in [1.82, 2.24) is 0 Å². The summed E-state index contributed by atoms with van der Waals surface area (Å²) in [5, 5.41) is 2.90. The first-order valence-corrected chi connectivity index (χ1v) is 23.6. The zero-order valence-electron chi connectivity index (χ0n) is 35.0. The minimum Gasteiger partial charge on any atom is -0.332 e. The molecule has 2 unspecified atom stereocenters. The molecule has 2 atom stereocenters. The van der Waals surface area contributed by atoms with E-state index in [0.717, 1.165) is 17.1 Å². The molecule has 1 aliphatic carbocycles. The number of anilines is 5. The predicted molar refractivity (Wildman–Crippen MR) is 276 cm³/mol. The van der Waals surface area contributed by atoms with Gasteiger partial charge in [-0.05, 0) is 111 Å². The highest BCUT2D eigenvalue weighted by atomic mass is 32.2. The van der Waals surface area contributed by atoms with E-state index in [-0.39, 0.29) is 11.3 Å². The summed E-state index contributed by atoms with van der Waals surface area (Å²) in [5.74, 6) is 0. The zero-order chi connectivity index (χ0) is 42.4. The first-order valence-electron chi connectivity index (χ1n) is 21.9. The summed E-state index contributed by atoms with van der Waals surface area (Å²) in [6.07, 6.45) is 7.00. The Kier molecular flexibility index (Phi) is 9.82. The number of allylic oxidation sites excluding steroid dienone is 2. The van der Waals surface area contributed by atoms with Gasteiger partial charge in [0.15, 0.2) is 0 Å². The van der Waals surface area contributed by atoms with E-state index in [9.17, 15) is 0 Å². The molecule has 10 aromatic rings. The maximum atomic E-state index is 2.60. The van der Waals surface area contributed by atoms with Gasteiger partial charge in [0.1, 0.15) is 0 Å². The van der Waals surface area contributed by atoms with Crippen LogP contribution in [0.15, 0.2) is 248 Å². The van der Waals surface area contributed by atoms with Crippen LogP contribution in [0.1, 0.15) is 5.56 Å². The second-order valence-corrected chi connectivity index (χ2v) is 18.6. The van der Waals surface area contributed by atoms with Gasteiger partial charge in [0.25, 0.3) is 0 Å². The van der Waals surface area contributed by atoms with Crippen LogP contribution >= 0.6 is 23.1 Å². The van der Waals surface area contributed by atoms with Crippen LogP contribution in [0.2, 0.25) is 0 Å². The fraction of sp³-hybridized carbons (Fsp3) is 0.0333. The second kappa shape index (κ2) is 16.4. The van der Waals surface area contributed by atoms with Crippen LogP contribution in [-0.4, -0.2) is 11.3 Å². The summed E-state index contributed by atoms with van der Waals surface area (Å²) < 4.78 is 2.64. The summed E-state index contributed by atoms with van der Waals surface area (Å²) in [4.78, 5) is 6.29. The van der Waals surface area contributed by atoms with Gasteiger partial charge >= 0.3 is 0 Å². The van der Waals surface area contributed by atoms with Crippen molar-refractivity contribution >= 4 is 77.3 Å². The summed E-state index contributed by atoms with van der Waals surface area (Å²) in [6, 6.07) is 81.9. The first-order chi connectivity index (χ1) is 31.7. The minimum absolute atomic E-state index is 0.122. The maximum Gasteiger partial charge on any atom is 0.0689 e. The average molecular weight is 855 g/mol. The highest BCUT2D eigenvalue weighted by Crippen LogP contribution is 2.52. The molecule has 2 heterocycles. The molecule has 64 heavy (non-hydrogen) atoms. The number of rotatable bonds is 9.